The Morgan fingerprint density at radius 3 is 2.83 bits per heavy atom. The van der Waals surface area contributed by atoms with Crippen molar-refractivity contribution in [2.45, 2.75) is 58.4 Å². The first-order valence-corrected chi connectivity index (χ1v) is 10.5. The van der Waals surface area contributed by atoms with E-state index in [1.807, 2.05) is 0 Å². The molecule has 1 aromatic rings. The van der Waals surface area contributed by atoms with Gasteiger partial charge in [-0.05, 0) is 68.9 Å². The summed E-state index contributed by atoms with van der Waals surface area (Å²) >= 11 is 1.57. The second kappa shape index (κ2) is 7.12. The van der Waals surface area contributed by atoms with Crippen LogP contribution in [0.15, 0.2) is 5.38 Å². The number of nitrogens with zero attached hydrogens (tertiary/aromatic N) is 2. The summed E-state index contributed by atoms with van der Waals surface area (Å²) in [6.45, 7) is 5.60. The predicted octanol–water partition coefficient (Wildman–Crippen LogP) is 4.14. The standard InChI is InChI=1S/C19H29N3OS/c1-13-4-6-22(7-5-13)11-17-12-24-19(20-17)21-18(23)10-16-9-14-2-3-15(16)8-14/h12-16H,2-11H2,1H3,(H,20,21,23)/t14-,15-,16+/m0/s1. The van der Waals surface area contributed by atoms with E-state index in [9.17, 15) is 4.79 Å². The van der Waals surface area contributed by atoms with Crippen LogP contribution in [0.4, 0.5) is 5.13 Å². The summed E-state index contributed by atoms with van der Waals surface area (Å²) in [4.78, 5) is 19.4. The zero-order chi connectivity index (χ0) is 16.5. The zero-order valence-electron chi connectivity index (χ0n) is 14.7. The Balaban J connectivity index is 1.25. The molecule has 3 aliphatic rings. The molecule has 3 fully saturated rings. The Hall–Kier alpha value is -0.940. The van der Waals surface area contributed by atoms with Crippen LogP contribution in [0, 0.1) is 23.7 Å². The van der Waals surface area contributed by atoms with Crippen LogP contribution in [0.3, 0.4) is 0 Å². The van der Waals surface area contributed by atoms with Crippen LogP contribution in [0.1, 0.15) is 57.6 Å². The molecule has 1 amide bonds. The van der Waals surface area contributed by atoms with E-state index < -0.39 is 0 Å². The van der Waals surface area contributed by atoms with E-state index in [1.54, 1.807) is 11.3 Å². The predicted molar refractivity (Wildman–Crippen MR) is 98.0 cm³/mol. The van der Waals surface area contributed by atoms with E-state index in [2.05, 4.69) is 27.5 Å². The van der Waals surface area contributed by atoms with Crippen LogP contribution < -0.4 is 5.32 Å². The first-order chi connectivity index (χ1) is 11.7. The lowest BCUT2D eigenvalue weighted by Crippen LogP contribution is -2.32. The third kappa shape index (κ3) is 3.83. The summed E-state index contributed by atoms with van der Waals surface area (Å²) in [5.41, 5.74) is 1.10. The first-order valence-electron chi connectivity index (χ1n) is 9.62. The molecule has 0 aromatic carbocycles. The van der Waals surface area contributed by atoms with Gasteiger partial charge in [-0.1, -0.05) is 13.3 Å². The maximum atomic E-state index is 12.3. The Labute approximate surface area is 149 Å². The molecule has 4 rings (SSSR count). The molecule has 5 heteroatoms. The molecule has 1 N–H and O–H groups in total. The highest BCUT2D eigenvalue weighted by Crippen LogP contribution is 2.49. The quantitative estimate of drug-likeness (QED) is 0.871. The molecule has 1 aromatic heterocycles. The van der Waals surface area contributed by atoms with Crippen LogP contribution in [-0.4, -0.2) is 28.9 Å². The number of anilines is 1. The average Bonchev–Trinajstić information content (AvgIpc) is 3.27. The highest BCUT2D eigenvalue weighted by molar-refractivity contribution is 7.13. The highest BCUT2D eigenvalue weighted by Gasteiger charge is 2.40. The number of piperidine rings is 1. The van der Waals surface area contributed by atoms with Crippen molar-refractivity contribution in [3.63, 3.8) is 0 Å². The molecule has 1 aliphatic heterocycles. The van der Waals surface area contributed by atoms with E-state index >= 15 is 0 Å². The van der Waals surface area contributed by atoms with Gasteiger partial charge in [0.15, 0.2) is 5.13 Å². The number of amides is 1. The molecule has 24 heavy (non-hydrogen) atoms. The molecule has 0 unspecified atom stereocenters. The molecule has 0 radical (unpaired) electrons. The van der Waals surface area contributed by atoms with Crippen molar-refractivity contribution in [2.75, 3.05) is 18.4 Å². The normalized spacial score (nSPS) is 30.8. The van der Waals surface area contributed by atoms with Gasteiger partial charge in [-0.2, -0.15) is 0 Å². The van der Waals surface area contributed by atoms with Gasteiger partial charge in [-0.3, -0.25) is 9.69 Å². The van der Waals surface area contributed by atoms with E-state index in [-0.39, 0.29) is 5.91 Å². The number of likely N-dealkylation sites (tertiary alicyclic amines) is 1. The van der Waals surface area contributed by atoms with Crippen LogP contribution in [0.25, 0.3) is 0 Å². The summed E-state index contributed by atoms with van der Waals surface area (Å²) in [5.74, 6) is 3.37. The lowest BCUT2D eigenvalue weighted by atomic mass is 9.86. The molecule has 2 saturated carbocycles. The van der Waals surface area contributed by atoms with Crippen molar-refractivity contribution in [2.24, 2.45) is 23.7 Å². The molecule has 2 bridgehead atoms. The van der Waals surface area contributed by atoms with Gasteiger partial charge < -0.3 is 5.32 Å². The van der Waals surface area contributed by atoms with Gasteiger partial charge in [-0.15, -0.1) is 11.3 Å². The number of carbonyl (C=O) groups excluding carboxylic acids is 1. The van der Waals surface area contributed by atoms with Gasteiger partial charge in [0.2, 0.25) is 5.91 Å². The Kier molecular flexibility index (Phi) is 4.90. The summed E-state index contributed by atoms with van der Waals surface area (Å²) in [6.07, 6.45) is 8.66. The van der Waals surface area contributed by atoms with Gasteiger partial charge in [0, 0.05) is 18.3 Å². The number of fused-ring (bicyclic) bond motifs is 2. The molecule has 2 heterocycles. The third-order valence-corrected chi connectivity index (χ3v) is 7.20. The van der Waals surface area contributed by atoms with Gasteiger partial charge in [0.05, 0.1) is 5.69 Å². The van der Waals surface area contributed by atoms with Crippen molar-refractivity contribution >= 4 is 22.4 Å². The van der Waals surface area contributed by atoms with Crippen LogP contribution in [0.5, 0.6) is 0 Å². The van der Waals surface area contributed by atoms with E-state index in [0.717, 1.165) is 35.1 Å². The van der Waals surface area contributed by atoms with Crippen molar-refractivity contribution in [1.82, 2.24) is 9.88 Å². The number of rotatable bonds is 5. The minimum absolute atomic E-state index is 0.167. The lowest BCUT2D eigenvalue weighted by Gasteiger charge is -2.29. The number of thiazole rings is 1. The topological polar surface area (TPSA) is 45.2 Å². The second-order valence-electron chi connectivity index (χ2n) is 8.29. The molecule has 4 nitrogen and oxygen atoms in total. The average molecular weight is 348 g/mol. The monoisotopic (exact) mass is 347 g/mol. The number of hydrogen-bond acceptors (Lipinski definition) is 4. The smallest absolute Gasteiger partial charge is 0.226 e. The fourth-order valence-electron chi connectivity index (χ4n) is 4.92. The Bertz CT molecular complexity index is 579. The molecule has 0 spiro atoms. The van der Waals surface area contributed by atoms with E-state index in [0.29, 0.717) is 12.3 Å². The maximum absolute atomic E-state index is 12.3. The fourth-order valence-corrected chi connectivity index (χ4v) is 5.64. The number of nitrogens with one attached hydrogen (secondary N) is 1. The molecule has 132 valence electrons. The number of carbonyl (C=O) groups is 1. The summed E-state index contributed by atoms with van der Waals surface area (Å²) in [6, 6.07) is 0. The molecule has 3 atom stereocenters. The van der Waals surface area contributed by atoms with Crippen molar-refractivity contribution in [3.05, 3.63) is 11.1 Å². The van der Waals surface area contributed by atoms with Crippen LogP contribution in [0.2, 0.25) is 0 Å². The summed E-state index contributed by atoms with van der Waals surface area (Å²) in [7, 11) is 0. The minimum Gasteiger partial charge on any atom is -0.302 e. The van der Waals surface area contributed by atoms with Gasteiger partial charge in [-0.25, -0.2) is 4.98 Å². The van der Waals surface area contributed by atoms with Gasteiger partial charge in [0.25, 0.3) is 0 Å². The SMILES string of the molecule is CC1CCN(Cc2csc(NC(=O)C[C@H]3C[C@H]4CC[C@H]3C4)n2)CC1. The van der Waals surface area contributed by atoms with Crippen molar-refractivity contribution in [3.8, 4) is 0 Å². The Morgan fingerprint density at radius 1 is 1.29 bits per heavy atom. The van der Waals surface area contributed by atoms with Crippen LogP contribution >= 0.6 is 11.3 Å². The number of hydrogen-bond donors (Lipinski definition) is 1. The van der Waals surface area contributed by atoms with Crippen molar-refractivity contribution in [1.29, 1.82) is 0 Å². The zero-order valence-corrected chi connectivity index (χ0v) is 15.5. The van der Waals surface area contributed by atoms with Crippen molar-refractivity contribution < 1.29 is 4.79 Å². The maximum Gasteiger partial charge on any atom is 0.226 e. The summed E-state index contributed by atoms with van der Waals surface area (Å²) in [5, 5.41) is 5.93. The fraction of sp³-hybridized carbons (Fsp3) is 0.789. The number of aromatic nitrogens is 1. The Morgan fingerprint density at radius 2 is 2.12 bits per heavy atom. The third-order valence-electron chi connectivity index (χ3n) is 6.39. The first kappa shape index (κ1) is 16.5. The minimum atomic E-state index is 0.167. The van der Waals surface area contributed by atoms with E-state index in [4.69, 9.17) is 0 Å². The molecular formula is C19H29N3OS. The molecular weight excluding hydrogens is 318 g/mol. The summed E-state index contributed by atoms with van der Waals surface area (Å²) < 4.78 is 0. The second-order valence-corrected chi connectivity index (χ2v) is 9.15. The lowest BCUT2D eigenvalue weighted by molar-refractivity contribution is -0.117. The largest absolute Gasteiger partial charge is 0.302 e. The molecule has 1 saturated heterocycles. The van der Waals surface area contributed by atoms with Crippen LogP contribution in [-0.2, 0) is 11.3 Å². The highest BCUT2D eigenvalue weighted by atomic mass is 32.1. The van der Waals surface area contributed by atoms with Gasteiger partial charge >= 0.3 is 0 Å². The van der Waals surface area contributed by atoms with Gasteiger partial charge in [0.1, 0.15) is 0 Å². The molecule has 2 aliphatic carbocycles. The van der Waals surface area contributed by atoms with E-state index in [1.165, 1.54) is 51.6 Å².